The van der Waals surface area contributed by atoms with Gasteiger partial charge >= 0.3 is 6.03 Å². The Balaban J connectivity index is 1.50. The average Bonchev–Trinajstić information content (AvgIpc) is 2.74. The van der Waals surface area contributed by atoms with Gasteiger partial charge in [-0.2, -0.15) is 4.98 Å². The summed E-state index contributed by atoms with van der Waals surface area (Å²) in [6, 6.07) is 11.8. The summed E-state index contributed by atoms with van der Waals surface area (Å²) in [7, 11) is 1.60. The molecule has 10 heteroatoms. The lowest BCUT2D eigenvalue weighted by molar-refractivity contribution is 0.252. The Morgan fingerprint density at radius 1 is 1.03 bits per heavy atom. The van der Waals surface area contributed by atoms with Crippen LogP contribution in [0.25, 0.3) is 0 Å². The van der Waals surface area contributed by atoms with Crippen molar-refractivity contribution in [1.82, 2.24) is 15.3 Å². The van der Waals surface area contributed by atoms with Gasteiger partial charge in [0, 0.05) is 30.5 Å². The van der Waals surface area contributed by atoms with Gasteiger partial charge in [-0.05, 0) is 43.3 Å². The van der Waals surface area contributed by atoms with E-state index >= 15 is 0 Å². The first-order chi connectivity index (χ1) is 14.9. The molecule has 1 heterocycles. The van der Waals surface area contributed by atoms with E-state index in [1.54, 1.807) is 13.2 Å². The van der Waals surface area contributed by atoms with Crippen molar-refractivity contribution in [2.24, 2.45) is 0 Å². The van der Waals surface area contributed by atoms with E-state index in [2.05, 4.69) is 31.2 Å². The van der Waals surface area contributed by atoms with Crippen LogP contribution in [-0.4, -0.2) is 36.2 Å². The summed E-state index contributed by atoms with van der Waals surface area (Å²) < 4.78 is 32.3. The second-order valence-corrected chi connectivity index (χ2v) is 6.48. The van der Waals surface area contributed by atoms with Crippen molar-refractivity contribution in [3.8, 4) is 5.75 Å². The highest BCUT2D eigenvalue weighted by molar-refractivity contribution is 5.89. The minimum atomic E-state index is -0.849. The third-order valence-corrected chi connectivity index (χ3v) is 4.11. The van der Waals surface area contributed by atoms with E-state index in [0.717, 1.165) is 29.3 Å². The highest BCUT2D eigenvalue weighted by Gasteiger charge is 2.11. The molecule has 0 bridgehead atoms. The molecule has 0 aliphatic carbocycles. The molecule has 8 nitrogen and oxygen atoms in total. The zero-order valence-corrected chi connectivity index (χ0v) is 17.0. The van der Waals surface area contributed by atoms with Crippen molar-refractivity contribution < 1.29 is 18.3 Å². The number of hydrogen-bond donors (Lipinski definition) is 4. The number of rotatable bonds is 8. The molecule has 0 aliphatic rings. The molecule has 0 fully saturated rings. The monoisotopic (exact) mass is 428 g/mol. The summed E-state index contributed by atoms with van der Waals surface area (Å²) in [6.07, 6.45) is 0. The van der Waals surface area contributed by atoms with Crippen LogP contribution in [0.5, 0.6) is 5.75 Å². The van der Waals surface area contributed by atoms with Gasteiger partial charge < -0.3 is 26.0 Å². The van der Waals surface area contributed by atoms with Crippen molar-refractivity contribution >= 4 is 29.2 Å². The van der Waals surface area contributed by atoms with Gasteiger partial charge in [-0.15, -0.1) is 0 Å². The van der Waals surface area contributed by atoms with Gasteiger partial charge in [-0.3, -0.25) is 0 Å². The van der Waals surface area contributed by atoms with Crippen LogP contribution >= 0.6 is 0 Å². The number of aryl methyl sites for hydroxylation is 1. The van der Waals surface area contributed by atoms with Gasteiger partial charge in [0.2, 0.25) is 5.95 Å². The molecule has 0 aliphatic heterocycles. The molecule has 2 amide bonds. The van der Waals surface area contributed by atoms with Crippen molar-refractivity contribution in [3.05, 3.63) is 65.9 Å². The topological polar surface area (TPSA) is 100 Å². The van der Waals surface area contributed by atoms with Gasteiger partial charge in [0.15, 0.2) is 0 Å². The van der Waals surface area contributed by atoms with Crippen LogP contribution in [0.1, 0.15) is 5.69 Å². The molecule has 31 heavy (non-hydrogen) atoms. The number of urea groups is 1. The molecule has 0 saturated heterocycles. The number of ether oxygens (including phenoxy) is 1. The van der Waals surface area contributed by atoms with Crippen LogP contribution in [0.15, 0.2) is 48.5 Å². The highest BCUT2D eigenvalue weighted by Crippen LogP contribution is 2.20. The summed E-state index contributed by atoms with van der Waals surface area (Å²) in [4.78, 5) is 20.5. The molecule has 0 radical (unpaired) electrons. The van der Waals surface area contributed by atoms with Crippen LogP contribution in [0, 0.1) is 18.6 Å². The average molecular weight is 428 g/mol. The summed E-state index contributed by atoms with van der Waals surface area (Å²) in [5, 5.41) is 10.8. The minimum absolute atomic E-state index is 0.181. The largest absolute Gasteiger partial charge is 0.497 e. The smallest absolute Gasteiger partial charge is 0.319 e. The van der Waals surface area contributed by atoms with Gasteiger partial charge in [0.25, 0.3) is 0 Å². The fourth-order valence-corrected chi connectivity index (χ4v) is 2.66. The summed E-state index contributed by atoms with van der Waals surface area (Å²) in [6.45, 7) is 2.32. The standard InChI is InChI=1S/C21H22F2N6O2/c1-13-12-18(27-14-6-8-15(31-2)9-7-14)28-20(26-13)24-10-11-25-21(30)29-19-16(22)4-3-5-17(19)23/h3-9,12H,10-11H2,1-2H3,(H2,25,29,30)(H2,24,26,27,28). The molecule has 0 saturated carbocycles. The number of benzene rings is 2. The number of nitrogens with one attached hydrogen (secondary N) is 4. The SMILES string of the molecule is COc1ccc(Nc2cc(C)nc(NCCNC(=O)Nc3c(F)cccc3F)n2)cc1. The molecule has 0 unspecified atom stereocenters. The zero-order valence-electron chi connectivity index (χ0n) is 17.0. The predicted molar refractivity (Wildman–Crippen MR) is 115 cm³/mol. The summed E-state index contributed by atoms with van der Waals surface area (Å²) in [5.74, 6) is 0.0250. The van der Waals surface area contributed by atoms with Gasteiger partial charge in [0.1, 0.15) is 28.9 Å². The van der Waals surface area contributed by atoms with Gasteiger partial charge in [-0.25, -0.2) is 18.6 Å². The molecule has 3 aromatic rings. The Morgan fingerprint density at radius 2 is 1.74 bits per heavy atom. The molecule has 1 aromatic heterocycles. The van der Waals surface area contributed by atoms with E-state index in [1.165, 1.54) is 6.07 Å². The van der Waals surface area contributed by atoms with E-state index in [0.29, 0.717) is 18.3 Å². The highest BCUT2D eigenvalue weighted by atomic mass is 19.1. The number of hydrogen-bond acceptors (Lipinski definition) is 6. The molecule has 162 valence electrons. The Labute approximate surface area is 178 Å². The molecular weight excluding hydrogens is 406 g/mol. The van der Waals surface area contributed by atoms with Crippen molar-refractivity contribution in [2.45, 2.75) is 6.92 Å². The lowest BCUT2D eigenvalue weighted by Gasteiger charge is -2.11. The fourth-order valence-electron chi connectivity index (χ4n) is 2.66. The molecule has 4 N–H and O–H groups in total. The second kappa shape index (κ2) is 10.2. The normalized spacial score (nSPS) is 10.3. The van der Waals surface area contributed by atoms with Crippen LogP contribution in [0.2, 0.25) is 0 Å². The molecule has 0 spiro atoms. The van der Waals surface area contributed by atoms with E-state index in [9.17, 15) is 13.6 Å². The Kier molecular flexibility index (Phi) is 7.15. The first kappa shape index (κ1) is 21.8. The Bertz CT molecular complexity index is 1030. The maximum absolute atomic E-state index is 13.6. The van der Waals surface area contributed by atoms with Gasteiger partial charge in [0.05, 0.1) is 7.11 Å². The number of nitrogens with zero attached hydrogens (tertiary/aromatic N) is 2. The van der Waals surface area contributed by atoms with Crippen molar-refractivity contribution in [1.29, 1.82) is 0 Å². The van der Waals surface area contributed by atoms with E-state index in [1.807, 2.05) is 31.2 Å². The minimum Gasteiger partial charge on any atom is -0.497 e. The third kappa shape index (κ3) is 6.26. The number of amides is 2. The lowest BCUT2D eigenvalue weighted by Crippen LogP contribution is -2.33. The molecule has 3 rings (SSSR count). The predicted octanol–water partition coefficient (Wildman–Crippen LogP) is 4.05. The molecular formula is C21H22F2N6O2. The molecule has 2 aromatic carbocycles. The number of carbonyl (C=O) groups is 1. The van der Waals surface area contributed by atoms with Crippen LogP contribution < -0.4 is 26.0 Å². The quantitative estimate of drug-likeness (QED) is 0.404. The lowest BCUT2D eigenvalue weighted by atomic mass is 10.3. The van der Waals surface area contributed by atoms with E-state index < -0.39 is 23.4 Å². The maximum atomic E-state index is 13.6. The number of methoxy groups -OCH3 is 1. The van der Waals surface area contributed by atoms with E-state index in [-0.39, 0.29) is 6.54 Å². The van der Waals surface area contributed by atoms with Crippen LogP contribution in [0.3, 0.4) is 0 Å². The van der Waals surface area contributed by atoms with Gasteiger partial charge in [-0.1, -0.05) is 6.07 Å². The number of aromatic nitrogens is 2. The van der Waals surface area contributed by atoms with Crippen molar-refractivity contribution in [3.63, 3.8) is 0 Å². The van der Waals surface area contributed by atoms with Crippen LogP contribution in [0.4, 0.5) is 36.7 Å². The molecule has 0 atom stereocenters. The van der Waals surface area contributed by atoms with Crippen molar-refractivity contribution in [2.75, 3.05) is 36.1 Å². The second-order valence-electron chi connectivity index (χ2n) is 6.48. The first-order valence-electron chi connectivity index (χ1n) is 9.44. The fraction of sp³-hybridized carbons (Fsp3) is 0.190. The number of carbonyl (C=O) groups excluding carboxylic acids is 1. The zero-order chi connectivity index (χ0) is 22.2. The number of halogens is 2. The Hall–Kier alpha value is -3.95. The number of para-hydroxylation sites is 1. The summed E-state index contributed by atoms with van der Waals surface area (Å²) in [5.41, 5.74) is 1.09. The third-order valence-electron chi connectivity index (χ3n) is 4.11. The summed E-state index contributed by atoms with van der Waals surface area (Å²) >= 11 is 0. The number of anilines is 4. The van der Waals surface area contributed by atoms with Crippen LogP contribution in [-0.2, 0) is 0 Å². The Morgan fingerprint density at radius 3 is 2.42 bits per heavy atom. The maximum Gasteiger partial charge on any atom is 0.319 e. The van der Waals surface area contributed by atoms with E-state index in [4.69, 9.17) is 4.74 Å². The first-order valence-corrected chi connectivity index (χ1v) is 9.44.